The average molecular weight is 291 g/mol. The summed E-state index contributed by atoms with van der Waals surface area (Å²) in [4.78, 5) is 16.0. The first-order valence-corrected chi connectivity index (χ1v) is 6.84. The van der Waals surface area contributed by atoms with Crippen LogP contribution < -0.4 is 5.32 Å². The van der Waals surface area contributed by atoms with Crippen LogP contribution in [0.1, 0.15) is 34.0 Å². The van der Waals surface area contributed by atoms with Crippen LogP contribution in [0.4, 0.5) is 0 Å². The Hall–Kier alpha value is -1.83. The Kier molecular flexibility index (Phi) is 4.20. The van der Waals surface area contributed by atoms with Gasteiger partial charge in [-0.2, -0.15) is 0 Å². The van der Waals surface area contributed by atoms with Crippen molar-refractivity contribution in [3.63, 3.8) is 0 Å². The Labute approximate surface area is 120 Å². The predicted octanol–water partition coefficient (Wildman–Crippen LogP) is 3.27. The van der Waals surface area contributed by atoms with Crippen molar-refractivity contribution in [1.82, 2.24) is 10.3 Å². The van der Waals surface area contributed by atoms with Gasteiger partial charge in [0.05, 0.1) is 6.04 Å². The van der Waals surface area contributed by atoms with Crippen LogP contribution in [0.2, 0.25) is 5.02 Å². The highest BCUT2D eigenvalue weighted by atomic mass is 35.5. The van der Waals surface area contributed by atoms with Gasteiger partial charge in [-0.1, -0.05) is 23.7 Å². The summed E-state index contributed by atoms with van der Waals surface area (Å²) in [7, 11) is 0. The van der Waals surface area contributed by atoms with Crippen LogP contribution in [0.25, 0.3) is 0 Å². The van der Waals surface area contributed by atoms with E-state index in [0.29, 0.717) is 15.7 Å². The van der Waals surface area contributed by atoms with Crippen LogP contribution in [0, 0.1) is 12.3 Å². The molecule has 0 aliphatic heterocycles. The van der Waals surface area contributed by atoms with Crippen LogP contribution in [-0.2, 0) is 0 Å². The lowest BCUT2D eigenvalue weighted by molar-refractivity contribution is 0.0935. The molecule has 1 aromatic carbocycles. The number of benzene rings is 1. The second-order valence-electron chi connectivity index (χ2n) is 3.93. The molecule has 0 aliphatic carbocycles. The number of nitrogens with one attached hydrogen (secondary N) is 1. The summed E-state index contributed by atoms with van der Waals surface area (Å²) in [6.45, 7) is 1.89. The minimum atomic E-state index is -0.245. The van der Waals surface area contributed by atoms with E-state index in [-0.39, 0.29) is 11.9 Å². The molecule has 1 aromatic heterocycles. The van der Waals surface area contributed by atoms with Crippen molar-refractivity contribution in [2.24, 2.45) is 0 Å². The van der Waals surface area contributed by atoms with Crippen molar-refractivity contribution in [2.75, 3.05) is 0 Å². The van der Waals surface area contributed by atoms with Crippen LogP contribution in [0.15, 0.2) is 29.6 Å². The quantitative estimate of drug-likeness (QED) is 0.882. The second kappa shape index (κ2) is 5.87. The fourth-order valence-electron chi connectivity index (χ4n) is 1.57. The molecule has 2 rings (SSSR count). The molecular weight excluding hydrogens is 280 g/mol. The molecule has 1 heterocycles. The van der Waals surface area contributed by atoms with Gasteiger partial charge in [0.25, 0.3) is 5.91 Å². The highest BCUT2D eigenvalue weighted by molar-refractivity contribution is 7.10. The smallest absolute Gasteiger partial charge is 0.271 e. The number of terminal acetylenes is 1. The number of hydrogen-bond acceptors (Lipinski definition) is 3. The molecule has 96 valence electrons. The fourth-order valence-corrected chi connectivity index (χ4v) is 2.37. The van der Waals surface area contributed by atoms with Gasteiger partial charge in [-0.05, 0) is 30.5 Å². The van der Waals surface area contributed by atoms with Gasteiger partial charge in [-0.3, -0.25) is 4.79 Å². The molecule has 1 N–H and O–H groups in total. The summed E-state index contributed by atoms with van der Waals surface area (Å²) >= 11 is 7.19. The number of carbonyl (C=O) groups excluding carboxylic acids is 1. The number of nitrogens with zero attached hydrogens (tertiary/aromatic N) is 1. The zero-order valence-electron chi connectivity index (χ0n) is 10.2. The molecule has 0 saturated carbocycles. The van der Waals surface area contributed by atoms with Crippen LogP contribution >= 0.6 is 22.9 Å². The molecule has 0 unspecified atom stereocenters. The average Bonchev–Trinajstić information content (AvgIpc) is 2.87. The molecule has 0 aliphatic rings. The Balaban J connectivity index is 2.08. The number of amides is 1. The number of thiazole rings is 1. The zero-order valence-corrected chi connectivity index (χ0v) is 11.8. The van der Waals surface area contributed by atoms with E-state index in [9.17, 15) is 4.79 Å². The van der Waals surface area contributed by atoms with Crippen molar-refractivity contribution < 1.29 is 4.79 Å². The van der Waals surface area contributed by atoms with Gasteiger partial charge in [0, 0.05) is 10.4 Å². The lowest BCUT2D eigenvalue weighted by Crippen LogP contribution is -2.26. The van der Waals surface area contributed by atoms with Gasteiger partial charge in [0.2, 0.25) is 0 Å². The number of aromatic nitrogens is 1. The van der Waals surface area contributed by atoms with Crippen molar-refractivity contribution >= 4 is 28.8 Å². The number of hydrogen-bond donors (Lipinski definition) is 1. The summed E-state index contributed by atoms with van der Waals surface area (Å²) in [6.07, 6.45) is 5.22. The van der Waals surface area contributed by atoms with Gasteiger partial charge in [-0.15, -0.1) is 17.8 Å². The maximum Gasteiger partial charge on any atom is 0.271 e. The maximum absolute atomic E-state index is 12.0. The van der Waals surface area contributed by atoms with E-state index in [4.69, 9.17) is 18.0 Å². The third-order valence-corrected chi connectivity index (χ3v) is 3.57. The first kappa shape index (κ1) is 13.6. The van der Waals surface area contributed by atoms with E-state index in [1.807, 2.05) is 25.1 Å². The van der Waals surface area contributed by atoms with Crippen LogP contribution in [-0.4, -0.2) is 10.9 Å². The molecule has 5 heteroatoms. The largest absolute Gasteiger partial charge is 0.344 e. The summed E-state index contributed by atoms with van der Waals surface area (Å²) < 4.78 is 0. The predicted molar refractivity (Wildman–Crippen MR) is 77.4 cm³/mol. The third kappa shape index (κ3) is 3.34. The SMILES string of the molecule is C#Cc1nc(C(=O)N[C@H](C)c2cccc(Cl)c2)cs1. The molecule has 1 amide bonds. The minimum absolute atomic E-state index is 0.151. The van der Waals surface area contributed by atoms with E-state index in [1.165, 1.54) is 11.3 Å². The zero-order chi connectivity index (χ0) is 13.8. The number of halogens is 1. The second-order valence-corrected chi connectivity index (χ2v) is 5.23. The molecule has 0 saturated heterocycles. The number of rotatable bonds is 3. The summed E-state index contributed by atoms with van der Waals surface area (Å²) in [5, 5.41) is 5.64. The van der Waals surface area contributed by atoms with Gasteiger partial charge in [0.1, 0.15) is 5.69 Å². The fraction of sp³-hybridized carbons (Fsp3) is 0.143. The first-order chi connectivity index (χ1) is 9.10. The highest BCUT2D eigenvalue weighted by Crippen LogP contribution is 2.18. The van der Waals surface area contributed by atoms with E-state index in [1.54, 1.807) is 11.4 Å². The van der Waals surface area contributed by atoms with Crippen molar-refractivity contribution in [1.29, 1.82) is 0 Å². The van der Waals surface area contributed by atoms with Crippen molar-refractivity contribution in [3.05, 3.63) is 50.9 Å². The highest BCUT2D eigenvalue weighted by Gasteiger charge is 2.14. The molecule has 1 atom stereocenters. The van der Waals surface area contributed by atoms with Gasteiger partial charge < -0.3 is 5.32 Å². The number of carbonyl (C=O) groups is 1. The van der Waals surface area contributed by atoms with Gasteiger partial charge in [-0.25, -0.2) is 4.98 Å². The lowest BCUT2D eigenvalue weighted by Gasteiger charge is -2.13. The van der Waals surface area contributed by atoms with E-state index >= 15 is 0 Å². The molecule has 0 bridgehead atoms. The Morgan fingerprint density at radius 1 is 1.58 bits per heavy atom. The standard InChI is InChI=1S/C14H11ClN2OS/c1-3-13-17-12(8-19-13)14(18)16-9(2)10-5-4-6-11(15)7-10/h1,4-9H,2H3,(H,16,18)/t9-/m1/s1. The Morgan fingerprint density at radius 3 is 3.00 bits per heavy atom. The van der Waals surface area contributed by atoms with Crippen molar-refractivity contribution in [2.45, 2.75) is 13.0 Å². The molecule has 0 radical (unpaired) electrons. The Bertz CT molecular complexity index is 645. The van der Waals surface area contributed by atoms with E-state index in [0.717, 1.165) is 5.56 Å². The topological polar surface area (TPSA) is 42.0 Å². The minimum Gasteiger partial charge on any atom is -0.344 e. The maximum atomic E-state index is 12.0. The summed E-state index contributed by atoms with van der Waals surface area (Å²) in [5.74, 6) is 2.16. The first-order valence-electron chi connectivity index (χ1n) is 5.58. The van der Waals surface area contributed by atoms with Crippen LogP contribution in [0.5, 0.6) is 0 Å². The normalized spacial score (nSPS) is 11.6. The molecule has 3 nitrogen and oxygen atoms in total. The van der Waals surface area contributed by atoms with Gasteiger partial charge in [0.15, 0.2) is 5.01 Å². The summed E-state index contributed by atoms with van der Waals surface area (Å²) in [6, 6.07) is 7.21. The van der Waals surface area contributed by atoms with E-state index in [2.05, 4.69) is 16.2 Å². The van der Waals surface area contributed by atoms with Crippen LogP contribution in [0.3, 0.4) is 0 Å². The lowest BCUT2D eigenvalue weighted by atomic mass is 10.1. The monoisotopic (exact) mass is 290 g/mol. The third-order valence-electron chi connectivity index (χ3n) is 2.56. The summed E-state index contributed by atoms with van der Waals surface area (Å²) in [5.41, 5.74) is 1.28. The molecule has 19 heavy (non-hydrogen) atoms. The molecule has 0 spiro atoms. The molecule has 0 fully saturated rings. The molecule has 2 aromatic rings. The van der Waals surface area contributed by atoms with E-state index < -0.39 is 0 Å². The van der Waals surface area contributed by atoms with Gasteiger partial charge >= 0.3 is 0 Å². The Morgan fingerprint density at radius 2 is 2.37 bits per heavy atom. The van der Waals surface area contributed by atoms with Crippen molar-refractivity contribution in [3.8, 4) is 12.3 Å². The molecular formula is C14H11ClN2OS.